The first-order valence-electron chi connectivity index (χ1n) is 9.32. The summed E-state index contributed by atoms with van der Waals surface area (Å²) in [7, 11) is 0. The molecule has 1 amide bonds. The fourth-order valence-corrected chi connectivity index (χ4v) is 3.28. The number of nitrogens with zero attached hydrogens (tertiary/aromatic N) is 2. The summed E-state index contributed by atoms with van der Waals surface area (Å²) in [6, 6.07) is 18.1. The minimum atomic E-state index is -0.335. The molecule has 4 rings (SSSR count). The Morgan fingerprint density at radius 3 is 2.69 bits per heavy atom. The molecule has 0 N–H and O–H groups in total. The molecule has 1 aliphatic heterocycles. The van der Waals surface area contributed by atoms with Gasteiger partial charge in [-0.15, -0.1) is 0 Å². The lowest BCUT2D eigenvalue weighted by Gasteiger charge is -2.20. The Bertz CT molecular complexity index is 1040. The van der Waals surface area contributed by atoms with Crippen molar-refractivity contribution in [3.05, 3.63) is 89.4 Å². The molecule has 1 aliphatic rings. The maximum absolute atomic E-state index is 12.9. The molecule has 0 fully saturated rings. The number of aryl methyl sites for hydroxylation is 1. The average molecular weight is 388 g/mol. The van der Waals surface area contributed by atoms with E-state index in [1.54, 1.807) is 36.6 Å². The van der Waals surface area contributed by atoms with Crippen LogP contribution in [0.5, 0.6) is 5.75 Å². The number of carbonyl (C=O) groups is 2. The van der Waals surface area contributed by atoms with Crippen molar-refractivity contribution >= 4 is 17.9 Å². The van der Waals surface area contributed by atoms with Crippen molar-refractivity contribution in [2.24, 2.45) is 5.10 Å². The van der Waals surface area contributed by atoms with Crippen LogP contribution in [0.3, 0.4) is 0 Å². The van der Waals surface area contributed by atoms with E-state index < -0.39 is 0 Å². The van der Waals surface area contributed by atoms with Gasteiger partial charge in [0.05, 0.1) is 17.5 Å². The number of rotatable bonds is 6. The van der Waals surface area contributed by atoms with E-state index in [1.165, 1.54) is 5.01 Å². The summed E-state index contributed by atoms with van der Waals surface area (Å²) >= 11 is 0. The number of furan rings is 1. The molecule has 2 aromatic carbocycles. The molecule has 0 spiro atoms. The van der Waals surface area contributed by atoms with Crippen LogP contribution < -0.4 is 4.74 Å². The number of ether oxygens (including phenoxy) is 1. The second-order valence-corrected chi connectivity index (χ2v) is 6.83. The second-order valence-electron chi connectivity index (χ2n) is 6.83. The molecule has 1 atom stereocenters. The monoisotopic (exact) mass is 388 g/mol. The Labute approximate surface area is 168 Å². The fraction of sp³-hybridized carbons (Fsp3) is 0.174. The zero-order chi connectivity index (χ0) is 20.2. The largest absolute Gasteiger partial charge is 0.483 e. The van der Waals surface area contributed by atoms with E-state index in [9.17, 15) is 9.59 Å². The van der Waals surface area contributed by atoms with E-state index in [-0.39, 0.29) is 18.6 Å². The van der Waals surface area contributed by atoms with Crippen molar-refractivity contribution in [1.29, 1.82) is 0 Å². The topological polar surface area (TPSA) is 72.1 Å². The highest BCUT2D eigenvalue weighted by Crippen LogP contribution is 2.33. The van der Waals surface area contributed by atoms with Gasteiger partial charge in [-0.1, -0.05) is 42.0 Å². The maximum atomic E-state index is 12.9. The van der Waals surface area contributed by atoms with Crippen molar-refractivity contribution in [2.45, 2.75) is 19.4 Å². The highest BCUT2D eigenvalue weighted by molar-refractivity contribution is 6.03. The summed E-state index contributed by atoms with van der Waals surface area (Å²) in [4.78, 5) is 24.1. The Morgan fingerprint density at radius 1 is 1.17 bits per heavy atom. The number of hydrogen-bond donors (Lipinski definition) is 0. The number of hydrogen-bond acceptors (Lipinski definition) is 5. The zero-order valence-electron chi connectivity index (χ0n) is 15.9. The van der Waals surface area contributed by atoms with Crippen molar-refractivity contribution in [3.63, 3.8) is 0 Å². The fourth-order valence-electron chi connectivity index (χ4n) is 3.28. The van der Waals surface area contributed by atoms with Crippen LogP contribution in [-0.4, -0.2) is 29.5 Å². The molecule has 6 nitrogen and oxygen atoms in total. The third-order valence-corrected chi connectivity index (χ3v) is 4.82. The molecule has 0 saturated heterocycles. The molecule has 0 aliphatic carbocycles. The lowest BCUT2D eigenvalue weighted by atomic mass is 10.0. The van der Waals surface area contributed by atoms with Crippen LogP contribution in [0.25, 0.3) is 0 Å². The summed E-state index contributed by atoms with van der Waals surface area (Å²) in [5.74, 6) is 0.721. The SMILES string of the molecule is Cc1ccc(C2=NN(C(=O)COc3ccccc3C=O)[C@@H](c3ccco3)C2)cc1. The number of para-hydroxylation sites is 1. The van der Waals surface area contributed by atoms with Crippen molar-refractivity contribution in [1.82, 2.24) is 5.01 Å². The lowest BCUT2D eigenvalue weighted by Crippen LogP contribution is -2.31. The Morgan fingerprint density at radius 2 is 1.97 bits per heavy atom. The second kappa shape index (κ2) is 8.14. The van der Waals surface area contributed by atoms with Crippen LogP contribution in [0, 0.1) is 6.92 Å². The molecule has 2 heterocycles. The van der Waals surface area contributed by atoms with Gasteiger partial charge in [0.15, 0.2) is 12.9 Å². The average Bonchev–Trinajstić information content (AvgIpc) is 3.42. The molecule has 1 aromatic heterocycles. The molecule has 0 unspecified atom stereocenters. The van der Waals surface area contributed by atoms with Gasteiger partial charge < -0.3 is 9.15 Å². The van der Waals surface area contributed by atoms with Crippen molar-refractivity contribution in [2.75, 3.05) is 6.61 Å². The van der Waals surface area contributed by atoms with Crippen LogP contribution in [0.4, 0.5) is 0 Å². The predicted octanol–water partition coefficient (Wildman–Crippen LogP) is 4.16. The van der Waals surface area contributed by atoms with Crippen LogP contribution in [0.2, 0.25) is 0 Å². The molecule has 3 aromatic rings. The number of aldehydes is 1. The summed E-state index contributed by atoms with van der Waals surface area (Å²) < 4.78 is 11.1. The van der Waals surface area contributed by atoms with Gasteiger partial charge in [-0.25, -0.2) is 5.01 Å². The smallest absolute Gasteiger partial charge is 0.281 e. The summed E-state index contributed by atoms with van der Waals surface area (Å²) in [5.41, 5.74) is 3.33. The third kappa shape index (κ3) is 3.96. The van der Waals surface area contributed by atoms with Crippen molar-refractivity contribution in [3.8, 4) is 5.75 Å². The van der Waals surface area contributed by atoms with Crippen molar-refractivity contribution < 1.29 is 18.7 Å². The minimum absolute atomic E-state index is 0.229. The first kappa shape index (κ1) is 18.7. The van der Waals surface area contributed by atoms with E-state index in [4.69, 9.17) is 9.15 Å². The van der Waals surface area contributed by atoms with Crippen LogP contribution in [0.15, 0.2) is 76.4 Å². The third-order valence-electron chi connectivity index (χ3n) is 4.82. The summed E-state index contributed by atoms with van der Waals surface area (Å²) in [6.07, 6.45) is 2.83. The first-order valence-corrected chi connectivity index (χ1v) is 9.32. The first-order chi connectivity index (χ1) is 14.2. The van der Waals surface area contributed by atoms with Gasteiger partial charge in [-0.05, 0) is 36.8 Å². The van der Waals surface area contributed by atoms with Gasteiger partial charge in [-0.2, -0.15) is 5.10 Å². The zero-order valence-corrected chi connectivity index (χ0v) is 15.9. The van der Waals surface area contributed by atoms with E-state index in [0.717, 1.165) is 16.8 Å². The number of hydrazone groups is 1. The van der Waals surface area contributed by atoms with E-state index in [0.29, 0.717) is 29.8 Å². The van der Waals surface area contributed by atoms with Gasteiger partial charge in [0.1, 0.15) is 17.6 Å². The standard InChI is InChI=1S/C23H20N2O4/c1-16-8-10-17(11-9-16)19-13-20(22-7-4-12-28-22)25(24-19)23(27)15-29-21-6-3-2-5-18(21)14-26/h2-12,14,20H,13,15H2,1H3/t20-/m1/s1. The van der Waals surface area contributed by atoms with Crippen LogP contribution >= 0.6 is 0 Å². The molecule has 146 valence electrons. The molecule has 0 radical (unpaired) electrons. The molecule has 0 bridgehead atoms. The maximum Gasteiger partial charge on any atom is 0.281 e. The van der Waals surface area contributed by atoms with Gasteiger partial charge in [-0.3, -0.25) is 9.59 Å². The van der Waals surface area contributed by atoms with Gasteiger partial charge in [0.25, 0.3) is 5.91 Å². The van der Waals surface area contributed by atoms with E-state index in [1.807, 2.05) is 37.3 Å². The van der Waals surface area contributed by atoms with Gasteiger partial charge in [0, 0.05) is 6.42 Å². The Kier molecular flexibility index (Phi) is 5.24. The van der Waals surface area contributed by atoms with Gasteiger partial charge in [0.2, 0.25) is 0 Å². The highest BCUT2D eigenvalue weighted by atomic mass is 16.5. The quantitative estimate of drug-likeness (QED) is 0.595. The van der Waals surface area contributed by atoms with Crippen LogP contribution in [0.1, 0.15) is 39.7 Å². The molecule has 6 heteroatoms. The molecule has 29 heavy (non-hydrogen) atoms. The predicted molar refractivity (Wildman–Crippen MR) is 108 cm³/mol. The van der Waals surface area contributed by atoms with E-state index in [2.05, 4.69) is 5.10 Å². The summed E-state index contributed by atoms with van der Waals surface area (Å²) in [6.45, 7) is 1.79. The minimum Gasteiger partial charge on any atom is -0.483 e. The Balaban J connectivity index is 1.56. The number of carbonyl (C=O) groups excluding carboxylic acids is 2. The molecular formula is C23H20N2O4. The van der Waals surface area contributed by atoms with Crippen LogP contribution in [-0.2, 0) is 4.79 Å². The number of amides is 1. The lowest BCUT2D eigenvalue weighted by molar-refractivity contribution is -0.135. The summed E-state index contributed by atoms with van der Waals surface area (Å²) in [5, 5.41) is 5.99. The molecular weight excluding hydrogens is 368 g/mol. The highest BCUT2D eigenvalue weighted by Gasteiger charge is 2.35. The van der Waals surface area contributed by atoms with E-state index >= 15 is 0 Å². The normalized spacial score (nSPS) is 15.8. The molecule has 0 saturated carbocycles. The Hall–Kier alpha value is -3.67. The van der Waals surface area contributed by atoms with Gasteiger partial charge >= 0.3 is 0 Å². The number of benzene rings is 2.